The molecule has 0 amide bonds. The number of hydrogen-bond acceptors (Lipinski definition) is 2. The van der Waals surface area contributed by atoms with Crippen LogP contribution in [-0.2, 0) is 4.74 Å². The van der Waals surface area contributed by atoms with Crippen LogP contribution < -0.4 is 5.32 Å². The summed E-state index contributed by atoms with van der Waals surface area (Å²) in [6, 6.07) is 0.593. The van der Waals surface area contributed by atoms with E-state index in [2.05, 4.69) is 12.2 Å². The van der Waals surface area contributed by atoms with Gasteiger partial charge in [-0.1, -0.05) is 6.92 Å². The summed E-state index contributed by atoms with van der Waals surface area (Å²) in [5, 5.41) is 3.19. The van der Waals surface area contributed by atoms with Crippen LogP contribution in [0.3, 0.4) is 0 Å². The Labute approximate surface area is 50.2 Å². The Bertz CT molecular complexity index is 74.9. The van der Waals surface area contributed by atoms with Gasteiger partial charge >= 0.3 is 0 Å². The predicted molar refractivity (Wildman–Crippen MR) is 32.8 cm³/mol. The van der Waals surface area contributed by atoms with Crippen molar-refractivity contribution in [1.82, 2.24) is 5.32 Å². The zero-order valence-electron chi connectivity index (χ0n) is 5.48. The van der Waals surface area contributed by atoms with Crippen molar-refractivity contribution in [2.24, 2.45) is 5.92 Å². The lowest BCUT2D eigenvalue weighted by Gasteiger charge is -2.09. The lowest BCUT2D eigenvalue weighted by atomic mass is 10.1. The molecule has 0 bridgehead atoms. The van der Waals surface area contributed by atoms with Crippen molar-refractivity contribution in [1.29, 1.82) is 0 Å². The standard InChI is InChI=1S/C6H13NO/c1-5-3-8-4-6(5)7-2/h5-7H,3-4H2,1-2H3. The summed E-state index contributed by atoms with van der Waals surface area (Å²) >= 11 is 0. The molecule has 1 saturated heterocycles. The summed E-state index contributed by atoms with van der Waals surface area (Å²) in [5.41, 5.74) is 0. The second-order valence-electron chi connectivity index (χ2n) is 2.41. The maximum atomic E-state index is 5.20. The Balaban J connectivity index is 2.30. The largest absolute Gasteiger partial charge is 0.379 e. The third-order valence-corrected chi connectivity index (χ3v) is 1.74. The van der Waals surface area contributed by atoms with Crippen molar-refractivity contribution >= 4 is 0 Å². The van der Waals surface area contributed by atoms with Gasteiger partial charge < -0.3 is 10.1 Å². The molecule has 1 fully saturated rings. The van der Waals surface area contributed by atoms with Crippen LogP contribution in [0.25, 0.3) is 0 Å². The van der Waals surface area contributed by atoms with E-state index in [1.807, 2.05) is 7.05 Å². The number of likely N-dealkylation sites (N-methyl/N-ethyl adjacent to an activating group) is 1. The van der Waals surface area contributed by atoms with E-state index in [0.29, 0.717) is 12.0 Å². The van der Waals surface area contributed by atoms with E-state index < -0.39 is 0 Å². The van der Waals surface area contributed by atoms with Crippen molar-refractivity contribution in [3.63, 3.8) is 0 Å². The third-order valence-electron chi connectivity index (χ3n) is 1.74. The van der Waals surface area contributed by atoms with Gasteiger partial charge in [0, 0.05) is 6.04 Å². The summed E-state index contributed by atoms with van der Waals surface area (Å²) in [7, 11) is 1.98. The summed E-state index contributed by atoms with van der Waals surface area (Å²) in [4.78, 5) is 0. The molecule has 0 aromatic heterocycles. The molecule has 1 aliphatic rings. The number of nitrogens with one attached hydrogen (secondary N) is 1. The molecule has 0 aromatic carbocycles. The van der Waals surface area contributed by atoms with E-state index >= 15 is 0 Å². The lowest BCUT2D eigenvalue weighted by molar-refractivity contribution is 0.185. The molecule has 1 rings (SSSR count). The molecule has 2 nitrogen and oxygen atoms in total. The summed E-state index contributed by atoms with van der Waals surface area (Å²) in [6.07, 6.45) is 0. The number of rotatable bonds is 1. The molecule has 1 N–H and O–H groups in total. The second-order valence-corrected chi connectivity index (χ2v) is 2.41. The van der Waals surface area contributed by atoms with Crippen LogP contribution in [0.2, 0.25) is 0 Å². The van der Waals surface area contributed by atoms with Crippen LogP contribution in [-0.4, -0.2) is 26.3 Å². The van der Waals surface area contributed by atoms with Crippen LogP contribution >= 0.6 is 0 Å². The highest BCUT2D eigenvalue weighted by Crippen LogP contribution is 2.10. The maximum Gasteiger partial charge on any atom is 0.0623 e. The van der Waals surface area contributed by atoms with Gasteiger partial charge in [0.15, 0.2) is 0 Å². The Kier molecular flexibility index (Phi) is 1.86. The SMILES string of the molecule is CNC1COCC1C. The zero-order chi connectivity index (χ0) is 5.98. The molecule has 0 aromatic rings. The van der Waals surface area contributed by atoms with Crippen molar-refractivity contribution in [2.45, 2.75) is 13.0 Å². The highest BCUT2D eigenvalue weighted by atomic mass is 16.5. The molecule has 48 valence electrons. The van der Waals surface area contributed by atoms with Crippen LogP contribution in [0.5, 0.6) is 0 Å². The van der Waals surface area contributed by atoms with Gasteiger partial charge in [-0.05, 0) is 13.0 Å². The Morgan fingerprint density at radius 2 is 2.25 bits per heavy atom. The zero-order valence-corrected chi connectivity index (χ0v) is 5.48. The molecule has 0 radical (unpaired) electrons. The fraction of sp³-hybridized carbons (Fsp3) is 1.00. The average Bonchev–Trinajstić information content (AvgIpc) is 2.14. The highest BCUT2D eigenvalue weighted by molar-refractivity contribution is 4.75. The Morgan fingerprint density at radius 3 is 2.50 bits per heavy atom. The van der Waals surface area contributed by atoms with Crippen LogP contribution in [0.15, 0.2) is 0 Å². The maximum absolute atomic E-state index is 5.20. The average molecular weight is 115 g/mol. The van der Waals surface area contributed by atoms with Gasteiger partial charge in [0.05, 0.1) is 13.2 Å². The first-order valence-corrected chi connectivity index (χ1v) is 3.09. The monoisotopic (exact) mass is 115 g/mol. The molecular weight excluding hydrogens is 102 g/mol. The van der Waals surface area contributed by atoms with Crippen molar-refractivity contribution in [3.8, 4) is 0 Å². The molecule has 0 aliphatic carbocycles. The predicted octanol–water partition coefficient (Wildman–Crippen LogP) is 0.241. The van der Waals surface area contributed by atoms with Gasteiger partial charge in [0.1, 0.15) is 0 Å². The molecule has 2 heteroatoms. The molecule has 0 saturated carbocycles. The first kappa shape index (κ1) is 6.05. The molecule has 0 spiro atoms. The molecule has 1 heterocycles. The van der Waals surface area contributed by atoms with Gasteiger partial charge in [-0.25, -0.2) is 0 Å². The highest BCUT2D eigenvalue weighted by Gasteiger charge is 2.21. The van der Waals surface area contributed by atoms with Crippen molar-refractivity contribution in [3.05, 3.63) is 0 Å². The minimum absolute atomic E-state index is 0.593. The van der Waals surface area contributed by atoms with Gasteiger partial charge in [-0.15, -0.1) is 0 Å². The van der Waals surface area contributed by atoms with Crippen LogP contribution in [0.1, 0.15) is 6.92 Å². The number of ether oxygens (including phenoxy) is 1. The lowest BCUT2D eigenvalue weighted by Crippen LogP contribution is -2.30. The summed E-state index contributed by atoms with van der Waals surface area (Å²) in [5.74, 6) is 0.694. The molecular formula is C6H13NO. The summed E-state index contributed by atoms with van der Waals surface area (Å²) in [6.45, 7) is 4.01. The van der Waals surface area contributed by atoms with E-state index in [9.17, 15) is 0 Å². The second kappa shape index (κ2) is 2.46. The third kappa shape index (κ3) is 1.01. The number of hydrogen-bond donors (Lipinski definition) is 1. The Morgan fingerprint density at radius 1 is 1.50 bits per heavy atom. The summed E-state index contributed by atoms with van der Waals surface area (Å²) < 4.78 is 5.20. The molecule has 1 aliphatic heterocycles. The van der Waals surface area contributed by atoms with E-state index in [-0.39, 0.29) is 0 Å². The van der Waals surface area contributed by atoms with Crippen molar-refractivity contribution < 1.29 is 4.74 Å². The minimum atomic E-state index is 0.593. The van der Waals surface area contributed by atoms with Gasteiger partial charge in [0.2, 0.25) is 0 Å². The Hall–Kier alpha value is -0.0800. The minimum Gasteiger partial charge on any atom is -0.379 e. The molecule has 2 unspecified atom stereocenters. The fourth-order valence-electron chi connectivity index (χ4n) is 1.03. The molecule has 2 atom stereocenters. The smallest absolute Gasteiger partial charge is 0.0623 e. The fourth-order valence-corrected chi connectivity index (χ4v) is 1.03. The first-order valence-electron chi connectivity index (χ1n) is 3.09. The normalized spacial score (nSPS) is 38.2. The van der Waals surface area contributed by atoms with E-state index in [1.54, 1.807) is 0 Å². The van der Waals surface area contributed by atoms with E-state index in [4.69, 9.17) is 4.74 Å². The van der Waals surface area contributed by atoms with Crippen LogP contribution in [0.4, 0.5) is 0 Å². The van der Waals surface area contributed by atoms with Gasteiger partial charge in [-0.2, -0.15) is 0 Å². The topological polar surface area (TPSA) is 21.3 Å². The van der Waals surface area contributed by atoms with E-state index in [1.165, 1.54) is 0 Å². The van der Waals surface area contributed by atoms with E-state index in [0.717, 1.165) is 13.2 Å². The van der Waals surface area contributed by atoms with Gasteiger partial charge in [0.25, 0.3) is 0 Å². The quantitative estimate of drug-likeness (QED) is 0.528. The van der Waals surface area contributed by atoms with Gasteiger partial charge in [-0.3, -0.25) is 0 Å². The first-order chi connectivity index (χ1) is 3.84. The molecule has 8 heavy (non-hydrogen) atoms. The van der Waals surface area contributed by atoms with Crippen molar-refractivity contribution in [2.75, 3.05) is 20.3 Å². The van der Waals surface area contributed by atoms with Crippen LogP contribution in [0, 0.1) is 5.92 Å².